The Morgan fingerprint density at radius 2 is 0.927 bits per heavy atom. The van der Waals surface area contributed by atoms with Crippen LogP contribution in [0.1, 0.15) is 22.6 Å². The van der Waals surface area contributed by atoms with Gasteiger partial charge < -0.3 is 24.4 Å². The predicted molar refractivity (Wildman–Crippen MR) is 160 cm³/mol. The van der Waals surface area contributed by atoms with Gasteiger partial charge in [0.1, 0.15) is 24.6 Å². The van der Waals surface area contributed by atoms with Crippen molar-refractivity contribution < 1.29 is 13.8 Å². The minimum absolute atomic E-state index is 0.279. The molecule has 2 heterocycles. The maximum Gasteiger partial charge on any atom is 0.163 e. The predicted octanol–water partition coefficient (Wildman–Crippen LogP) is 7.94. The van der Waals surface area contributed by atoms with Gasteiger partial charge in [0.15, 0.2) is 11.5 Å². The third-order valence-electron chi connectivity index (χ3n) is 6.65. The van der Waals surface area contributed by atoms with E-state index in [0.29, 0.717) is 11.5 Å². The normalized spacial score (nSPS) is 10.9. The fourth-order valence-corrected chi connectivity index (χ4v) is 4.40. The number of hydrogen-bond acceptors (Lipinski definition) is 7. The van der Waals surface area contributed by atoms with Crippen molar-refractivity contribution >= 4 is 11.4 Å². The molecule has 204 valence electrons. The largest absolute Gasteiger partial charge is 0.381 e. The highest BCUT2D eigenvalue weighted by atomic mass is 16.5. The van der Waals surface area contributed by atoms with Gasteiger partial charge in [-0.2, -0.15) is 0 Å². The first-order valence-electron chi connectivity index (χ1n) is 13.5. The molecule has 41 heavy (non-hydrogen) atoms. The highest BCUT2D eigenvalue weighted by molar-refractivity contribution is 5.63. The van der Waals surface area contributed by atoms with E-state index in [1.165, 1.54) is 11.1 Å². The molecule has 4 aromatic carbocycles. The van der Waals surface area contributed by atoms with Crippen LogP contribution in [0.2, 0.25) is 0 Å². The van der Waals surface area contributed by atoms with Gasteiger partial charge in [0, 0.05) is 47.7 Å². The number of hydrogen-bond donors (Lipinski definition) is 2. The lowest BCUT2D eigenvalue weighted by atomic mass is 10.1. The van der Waals surface area contributed by atoms with Crippen LogP contribution in [0.25, 0.3) is 22.5 Å². The van der Waals surface area contributed by atoms with Gasteiger partial charge in [-0.15, -0.1) is 0 Å². The van der Waals surface area contributed by atoms with E-state index < -0.39 is 0 Å². The van der Waals surface area contributed by atoms with Crippen molar-refractivity contribution in [2.24, 2.45) is 0 Å². The molecule has 6 rings (SSSR count). The summed E-state index contributed by atoms with van der Waals surface area (Å²) in [7, 11) is 0. The highest BCUT2D eigenvalue weighted by Gasteiger charge is 2.10. The molecule has 0 spiro atoms. The molecule has 6 aromatic rings. The molecule has 0 aliphatic rings. The second-order valence-electron chi connectivity index (χ2n) is 9.68. The Balaban J connectivity index is 0.965. The van der Waals surface area contributed by atoms with Crippen LogP contribution >= 0.6 is 0 Å². The number of nitrogens with zero attached hydrogens (tertiary/aromatic N) is 2. The van der Waals surface area contributed by atoms with Crippen molar-refractivity contribution in [3.63, 3.8) is 0 Å². The zero-order valence-electron chi connectivity index (χ0n) is 22.5. The lowest BCUT2D eigenvalue weighted by Gasteiger charge is -2.07. The molecule has 7 heteroatoms. The van der Waals surface area contributed by atoms with Crippen molar-refractivity contribution in [1.29, 1.82) is 0 Å². The molecular weight excluding hydrogens is 512 g/mol. The average Bonchev–Trinajstić information content (AvgIpc) is 3.71. The summed E-state index contributed by atoms with van der Waals surface area (Å²) in [6.07, 6.45) is 0. The van der Waals surface area contributed by atoms with Gasteiger partial charge in [-0.3, -0.25) is 0 Å². The Hall–Kier alpha value is -5.14. The van der Waals surface area contributed by atoms with Crippen LogP contribution in [-0.2, 0) is 31.0 Å². The first-order valence-corrected chi connectivity index (χ1v) is 13.5. The summed E-state index contributed by atoms with van der Waals surface area (Å²) in [4.78, 5) is 0. The van der Waals surface area contributed by atoms with Crippen molar-refractivity contribution in [2.45, 2.75) is 26.3 Å². The lowest BCUT2D eigenvalue weighted by molar-refractivity contribution is 0.0727. The van der Waals surface area contributed by atoms with Crippen LogP contribution in [-0.4, -0.2) is 10.3 Å². The Kier molecular flexibility index (Phi) is 8.15. The smallest absolute Gasteiger partial charge is 0.163 e. The van der Waals surface area contributed by atoms with E-state index in [0.717, 1.165) is 47.0 Å². The van der Waals surface area contributed by atoms with Crippen LogP contribution in [0.5, 0.6) is 0 Å². The molecule has 2 aromatic heterocycles. The summed E-state index contributed by atoms with van der Waals surface area (Å²) in [6, 6.07) is 40.7. The number of anilines is 2. The maximum absolute atomic E-state index is 5.80. The molecule has 0 amide bonds. The summed E-state index contributed by atoms with van der Waals surface area (Å²) in [5, 5.41) is 15.3. The van der Waals surface area contributed by atoms with Gasteiger partial charge in [-0.05, 0) is 35.4 Å². The first-order chi connectivity index (χ1) is 20.3. The summed E-state index contributed by atoms with van der Waals surface area (Å²) in [5.74, 6) is 1.29. The molecule has 7 nitrogen and oxygen atoms in total. The van der Waals surface area contributed by atoms with Crippen LogP contribution in [0, 0.1) is 0 Å². The molecule has 0 aliphatic heterocycles. The number of aromatic nitrogens is 2. The Morgan fingerprint density at radius 3 is 1.34 bits per heavy atom. The lowest BCUT2D eigenvalue weighted by Crippen LogP contribution is -1.98. The molecule has 0 atom stereocenters. The topological polar surface area (TPSA) is 85.4 Å². The van der Waals surface area contributed by atoms with Gasteiger partial charge >= 0.3 is 0 Å². The van der Waals surface area contributed by atoms with Crippen molar-refractivity contribution in [3.8, 4) is 22.5 Å². The van der Waals surface area contributed by atoms with Crippen LogP contribution in [0.4, 0.5) is 11.4 Å². The van der Waals surface area contributed by atoms with Crippen molar-refractivity contribution in [3.05, 3.63) is 144 Å². The summed E-state index contributed by atoms with van der Waals surface area (Å²) in [5.41, 5.74) is 8.06. The van der Waals surface area contributed by atoms with Crippen LogP contribution < -0.4 is 10.6 Å². The SMILES string of the molecule is c1ccc(CNc2ccc(-c3cc(COCc4cc(-c5ccc(NCc6ccccc6)cc5)no4)on3)cc2)cc1. The van der Waals surface area contributed by atoms with Crippen LogP contribution in [0.15, 0.2) is 130 Å². The molecular formula is C34H30N4O3. The molecule has 0 fully saturated rings. The maximum atomic E-state index is 5.80. The molecule has 0 saturated carbocycles. The number of rotatable bonds is 12. The van der Waals surface area contributed by atoms with Gasteiger partial charge in [0.05, 0.1) is 0 Å². The van der Waals surface area contributed by atoms with Gasteiger partial charge in [-0.25, -0.2) is 0 Å². The van der Waals surface area contributed by atoms with Gasteiger partial charge in [0.25, 0.3) is 0 Å². The van der Waals surface area contributed by atoms with E-state index >= 15 is 0 Å². The minimum Gasteiger partial charge on any atom is -0.381 e. The number of ether oxygens (including phenoxy) is 1. The van der Waals surface area contributed by atoms with E-state index in [-0.39, 0.29) is 13.2 Å². The second-order valence-corrected chi connectivity index (χ2v) is 9.68. The van der Waals surface area contributed by atoms with E-state index in [1.807, 2.05) is 97.1 Å². The zero-order valence-corrected chi connectivity index (χ0v) is 22.5. The second kappa shape index (κ2) is 12.8. The van der Waals surface area contributed by atoms with E-state index in [4.69, 9.17) is 13.8 Å². The average molecular weight is 543 g/mol. The monoisotopic (exact) mass is 542 g/mol. The highest BCUT2D eigenvalue weighted by Crippen LogP contribution is 2.24. The number of benzene rings is 4. The van der Waals surface area contributed by atoms with Crippen molar-refractivity contribution in [2.75, 3.05) is 10.6 Å². The van der Waals surface area contributed by atoms with Crippen LogP contribution in [0.3, 0.4) is 0 Å². The fraction of sp³-hybridized carbons (Fsp3) is 0.118. The third-order valence-corrected chi connectivity index (χ3v) is 6.65. The van der Waals surface area contributed by atoms with E-state index in [1.54, 1.807) is 0 Å². The summed E-state index contributed by atoms with van der Waals surface area (Å²) >= 11 is 0. The molecule has 0 radical (unpaired) electrons. The minimum atomic E-state index is 0.279. The molecule has 0 aliphatic carbocycles. The van der Waals surface area contributed by atoms with E-state index in [2.05, 4.69) is 45.2 Å². The quantitative estimate of drug-likeness (QED) is 0.162. The molecule has 0 bridgehead atoms. The van der Waals surface area contributed by atoms with E-state index in [9.17, 15) is 0 Å². The Labute approximate surface area is 238 Å². The van der Waals surface area contributed by atoms with Gasteiger partial charge in [0.2, 0.25) is 0 Å². The third kappa shape index (κ3) is 7.09. The molecule has 2 N–H and O–H groups in total. The molecule has 0 saturated heterocycles. The zero-order chi connectivity index (χ0) is 27.7. The first kappa shape index (κ1) is 26.1. The Morgan fingerprint density at radius 1 is 0.512 bits per heavy atom. The molecule has 0 unspecified atom stereocenters. The summed E-state index contributed by atoms with van der Waals surface area (Å²) < 4.78 is 16.8. The standard InChI is InChI=1S/C34H30N4O3/c1-3-7-25(8-4-1)21-35-29-15-11-27(12-16-29)33-19-31(40-37-33)23-39-24-32-20-34(38-41-32)28-13-17-30(18-14-28)36-22-26-9-5-2-6-10-26/h1-20,35-36H,21-24H2. The van der Waals surface area contributed by atoms with Crippen molar-refractivity contribution in [1.82, 2.24) is 10.3 Å². The number of nitrogens with one attached hydrogen (secondary N) is 2. The summed E-state index contributed by atoms with van der Waals surface area (Å²) in [6.45, 7) is 2.11. The fourth-order valence-electron chi connectivity index (χ4n) is 4.40. The van der Waals surface area contributed by atoms with Gasteiger partial charge in [-0.1, -0.05) is 95.2 Å². The Bertz CT molecular complexity index is 1520.